The van der Waals surface area contributed by atoms with Gasteiger partial charge in [-0.25, -0.2) is 12.8 Å². The summed E-state index contributed by atoms with van der Waals surface area (Å²) < 4.78 is 38.6. The average molecular weight is 362 g/mol. The molecule has 1 N–H and O–H groups in total. The summed E-state index contributed by atoms with van der Waals surface area (Å²) in [6.45, 7) is 1.61. The zero-order valence-corrected chi connectivity index (χ0v) is 14.1. The monoisotopic (exact) mass is 362 g/mol. The number of nitrogens with one attached hydrogen (secondary N) is 1. The quantitative estimate of drug-likeness (QED) is 0.692. The first kappa shape index (κ1) is 17.0. The fourth-order valence-corrected chi connectivity index (χ4v) is 3.59. The predicted molar refractivity (Wildman–Crippen MR) is 88.5 cm³/mol. The highest BCUT2D eigenvalue weighted by atomic mass is 32.2. The van der Waals surface area contributed by atoms with Crippen molar-refractivity contribution in [2.24, 2.45) is 0 Å². The summed E-state index contributed by atoms with van der Waals surface area (Å²) in [4.78, 5) is 12.4. The summed E-state index contributed by atoms with van der Waals surface area (Å²) in [7, 11) is -3.61. The fourth-order valence-electron chi connectivity index (χ4n) is 2.43. The third-order valence-corrected chi connectivity index (χ3v) is 5.38. The first-order valence-corrected chi connectivity index (χ1v) is 9.11. The summed E-state index contributed by atoms with van der Waals surface area (Å²) in [5.74, 6) is -1.22. The Balaban J connectivity index is 1.70. The number of fused-ring (bicyclic) bond motifs is 1. The fraction of sp³-hybridized carbons (Fsp3) is 0.188. The summed E-state index contributed by atoms with van der Waals surface area (Å²) in [5, 5.41) is 10.7. The van der Waals surface area contributed by atoms with E-state index in [2.05, 4.69) is 15.5 Å². The second-order valence-electron chi connectivity index (χ2n) is 5.39. The maximum Gasteiger partial charge on any atom is 0.255 e. The van der Waals surface area contributed by atoms with Crippen LogP contribution in [0.4, 0.5) is 4.39 Å². The van der Waals surface area contributed by atoms with Gasteiger partial charge in [-0.2, -0.15) is 14.8 Å². The number of benzene rings is 1. The molecule has 0 bridgehead atoms. The average Bonchev–Trinajstić information content (AvgIpc) is 2.90. The lowest BCUT2D eigenvalue weighted by Gasteiger charge is -2.06. The van der Waals surface area contributed by atoms with E-state index in [1.165, 1.54) is 16.8 Å². The topological polar surface area (TPSA) is 93.4 Å². The van der Waals surface area contributed by atoms with E-state index in [0.29, 0.717) is 16.8 Å². The second-order valence-corrected chi connectivity index (χ2v) is 7.50. The van der Waals surface area contributed by atoms with Crippen LogP contribution >= 0.6 is 0 Å². The molecule has 3 rings (SSSR count). The van der Waals surface area contributed by atoms with Gasteiger partial charge in [-0.05, 0) is 43.3 Å². The Kier molecular flexibility index (Phi) is 4.49. The largest absolute Gasteiger partial charge is 0.351 e. The number of hydrogen-bond acceptors (Lipinski definition) is 5. The van der Waals surface area contributed by atoms with Crippen molar-refractivity contribution in [2.75, 3.05) is 12.3 Å². The van der Waals surface area contributed by atoms with Gasteiger partial charge in [-0.3, -0.25) is 4.79 Å². The van der Waals surface area contributed by atoms with E-state index in [1.54, 1.807) is 25.3 Å². The molecule has 0 aliphatic carbocycles. The summed E-state index contributed by atoms with van der Waals surface area (Å²) in [5.41, 5.74) is 1.39. The molecule has 0 fully saturated rings. The number of aryl methyl sites for hydroxylation is 1. The number of halogens is 1. The molecule has 3 aromatic rings. The molecule has 0 aliphatic heterocycles. The molecular weight excluding hydrogens is 347 g/mol. The second kappa shape index (κ2) is 6.60. The lowest BCUT2D eigenvalue weighted by molar-refractivity contribution is 0.0957. The molecule has 0 radical (unpaired) electrons. The van der Waals surface area contributed by atoms with E-state index in [1.807, 2.05) is 0 Å². The van der Waals surface area contributed by atoms with Crippen LogP contribution < -0.4 is 5.32 Å². The van der Waals surface area contributed by atoms with Crippen LogP contribution in [0.1, 0.15) is 16.1 Å². The van der Waals surface area contributed by atoms with Gasteiger partial charge in [0.25, 0.3) is 5.91 Å². The number of hydrogen-bond donors (Lipinski definition) is 1. The molecule has 2 aromatic heterocycles. The number of rotatable bonds is 5. The lowest BCUT2D eigenvalue weighted by atomic mass is 10.2. The summed E-state index contributed by atoms with van der Waals surface area (Å²) in [6, 6.07) is 7.96. The molecule has 1 aromatic carbocycles. The van der Waals surface area contributed by atoms with Crippen molar-refractivity contribution in [2.45, 2.75) is 11.8 Å². The summed E-state index contributed by atoms with van der Waals surface area (Å²) >= 11 is 0. The van der Waals surface area contributed by atoms with E-state index >= 15 is 0 Å². The third kappa shape index (κ3) is 3.50. The number of nitrogens with zero attached hydrogens (tertiary/aromatic N) is 3. The molecule has 0 aliphatic rings. The predicted octanol–water partition coefficient (Wildman–Crippen LogP) is 1.38. The van der Waals surface area contributed by atoms with Crippen LogP contribution in [0.5, 0.6) is 0 Å². The minimum absolute atomic E-state index is 0.0134. The van der Waals surface area contributed by atoms with Gasteiger partial charge in [0.15, 0.2) is 9.84 Å². The van der Waals surface area contributed by atoms with Crippen molar-refractivity contribution in [1.82, 2.24) is 20.1 Å². The van der Waals surface area contributed by atoms with Gasteiger partial charge in [-0.1, -0.05) is 0 Å². The first-order valence-electron chi connectivity index (χ1n) is 7.45. The molecule has 130 valence electrons. The van der Waals surface area contributed by atoms with Gasteiger partial charge in [0.2, 0.25) is 0 Å². The number of sulfone groups is 1. The van der Waals surface area contributed by atoms with E-state index < -0.39 is 21.6 Å². The van der Waals surface area contributed by atoms with Crippen LogP contribution in [-0.4, -0.2) is 41.5 Å². The van der Waals surface area contributed by atoms with Crippen molar-refractivity contribution in [3.8, 4) is 0 Å². The van der Waals surface area contributed by atoms with E-state index in [-0.39, 0.29) is 17.2 Å². The van der Waals surface area contributed by atoms with Gasteiger partial charge in [0, 0.05) is 12.7 Å². The summed E-state index contributed by atoms with van der Waals surface area (Å²) in [6.07, 6.45) is 1.55. The zero-order chi connectivity index (χ0) is 18.0. The van der Waals surface area contributed by atoms with Crippen molar-refractivity contribution >= 4 is 21.3 Å². The van der Waals surface area contributed by atoms with Crippen molar-refractivity contribution in [3.63, 3.8) is 0 Å². The SMILES string of the molecule is Cc1nn2ncccc2c1C(=O)NCCS(=O)(=O)c1ccc(F)cc1. The molecule has 1 amide bonds. The Labute approximate surface area is 143 Å². The smallest absolute Gasteiger partial charge is 0.255 e. The number of carbonyl (C=O) groups is 1. The van der Waals surface area contributed by atoms with Crippen LogP contribution in [0.2, 0.25) is 0 Å². The number of amides is 1. The van der Waals surface area contributed by atoms with Crippen LogP contribution in [0.25, 0.3) is 5.52 Å². The van der Waals surface area contributed by atoms with Gasteiger partial charge in [-0.15, -0.1) is 0 Å². The standard InChI is InChI=1S/C16H15FN4O3S/c1-11-15(14-3-2-8-19-21(14)20-11)16(22)18-9-10-25(23,24)13-6-4-12(17)5-7-13/h2-8H,9-10H2,1H3,(H,18,22). The van der Waals surface area contributed by atoms with Crippen LogP contribution in [0, 0.1) is 12.7 Å². The molecule has 0 unspecified atom stereocenters. The van der Waals surface area contributed by atoms with Crippen LogP contribution in [0.3, 0.4) is 0 Å². The van der Waals surface area contributed by atoms with Crippen molar-refractivity contribution < 1.29 is 17.6 Å². The van der Waals surface area contributed by atoms with Gasteiger partial charge in [0.05, 0.1) is 21.9 Å². The zero-order valence-electron chi connectivity index (χ0n) is 13.3. The Bertz CT molecular complexity index is 1030. The maximum absolute atomic E-state index is 12.9. The molecule has 0 saturated carbocycles. The minimum Gasteiger partial charge on any atom is -0.351 e. The van der Waals surface area contributed by atoms with E-state index in [9.17, 15) is 17.6 Å². The van der Waals surface area contributed by atoms with Crippen molar-refractivity contribution in [3.05, 3.63) is 59.7 Å². The van der Waals surface area contributed by atoms with Crippen LogP contribution in [0.15, 0.2) is 47.5 Å². The van der Waals surface area contributed by atoms with Gasteiger partial charge >= 0.3 is 0 Å². The molecule has 7 nitrogen and oxygen atoms in total. The Hall–Kier alpha value is -2.81. The highest BCUT2D eigenvalue weighted by Gasteiger charge is 2.19. The number of aromatic nitrogens is 3. The third-order valence-electron chi connectivity index (χ3n) is 3.65. The molecule has 0 saturated heterocycles. The highest BCUT2D eigenvalue weighted by Crippen LogP contribution is 2.14. The Morgan fingerprint density at radius 3 is 2.68 bits per heavy atom. The maximum atomic E-state index is 12.9. The Morgan fingerprint density at radius 1 is 1.24 bits per heavy atom. The van der Waals surface area contributed by atoms with Crippen molar-refractivity contribution in [1.29, 1.82) is 0 Å². The van der Waals surface area contributed by atoms with Gasteiger partial charge < -0.3 is 5.32 Å². The minimum atomic E-state index is -3.61. The van der Waals surface area contributed by atoms with E-state index in [0.717, 1.165) is 12.1 Å². The number of carbonyl (C=O) groups excluding carboxylic acids is 1. The molecule has 2 heterocycles. The molecule has 0 spiro atoms. The molecular formula is C16H15FN4O3S. The highest BCUT2D eigenvalue weighted by molar-refractivity contribution is 7.91. The first-order chi connectivity index (χ1) is 11.9. The molecule has 25 heavy (non-hydrogen) atoms. The van der Waals surface area contributed by atoms with Gasteiger partial charge in [0.1, 0.15) is 11.3 Å². The normalized spacial score (nSPS) is 11.6. The van der Waals surface area contributed by atoms with Crippen LogP contribution in [-0.2, 0) is 9.84 Å². The van der Waals surface area contributed by atoms with E-state index in [4.69, 9.17) is 0 Å². The molecule has 9 heteroatoms. The molecule has 0 atom stereocenters. The Morgan fingerprint density at radius 2 is 1.96 bits per heavy atom. The lowest BCUT2D eigenvalue weighted by Crippen LogP contribution is -2.29.